The molecule has 20 heavy (non-hydrogen) atoms. The Morgan fingerprint density at radius 3 is 2.90 bits per heavy atom. The van der Waals surface area contributed by atoms with Crippen LogP contribution >= 0.6 is 0 Å². The molecular formula is C13H21N3O3S. The summed E-state index contributed by atoms with van der Waals surface area (Å²) in [6, 6.07) is 0. The number of aromatic nitrogens is 2. The zero-order valence-electron chi connectivity index (χ0n) is 12.0. The van der Waals surface area contributed by atoms with Crippen LogP contribution in [0.1, 0.15) is 44.8 Å². The van der Waals surface area contributed by atoms with E-state index >= 15 is 0 Å². The van der Waals surface area contributed by atoms with Gasteiger partial charge in [-0.25, -0.2) is 12.7 Å². The van der Waals surface area contributed by atoms with Gasteiger partial charge in [-0.1, -0.05) is 18.5 Å². The third kappa shape index (κ3) is 1.98. The highest BCUT2D eigenvalue weighted by Gasteiger charge is 2.55. The van der Waals surface area contributed by atoms with Crippen LogP contribution in [0.25, 0.3) is 0 Å². The molecule has 1 saturated heterocycles. The number of rotatable bonds is 4. The molecule has 1 saturated carbocycles. The average molecular weight is 299 g/mol. The molecule has 2 atom stereocenters. The molecule has 0 N–H and O–H groups in total. The first kappa shape index (κ1) is 14.0. The van der Waals surface area contributed by atoms with Gasteiger partial charge in [0.15, 0.2) is 5.82 Å². The van der Waals surface area contributed by atoms with E-state index in [9.17, 15) is 8.42 Å². The maximum atomic E-state index is 12.1. The quantitative estimate of drug-likeness (QED) is 0.838. The minimum atomic E-state index is -3.14. The minimum Gasteiger partial charge on any atom is -0.339 e. The highest BCUT2D eigenvalue weighted by Crippen LogP contribution is 2.50. The van der Waals surface area contributed by atoms with Crippen molar-refractivity contribution in [3.63, 3.8) is 0 Å². The highest BCUT2D eigenvalue weighted by molar-refractivity contribution is 7.89. The van der Waals surface area contributed by atoms with E-state index in [1.807, 2.05) is 6.92 Å². The largest absolute Gasteiger partial charge is 0.339 e. The van der Waals surface area contributed by atoms with Gasteiger partial charge in [0.1, 0.15) is 0 Å². The second-order valence-electron chi connectivity index (χ2n) is 5.80. The molecule has 0 radical (unpaired) electrons. The maximum Gasteiger partial charge on any atom is 0.226 e. The summed E-state index contributed by atoms with van der Waals surface area (Å²) in [5.74, 6) is 1.83. The predicted octanol–water partition coefficient (Wildman–Crippen LogP) is 1.34. The second-order valence-corrected chi connectivity index (χ2v) is 8.06. The summed E-state index contributed by atoms with van der Waals surface area (Å²) in [5, 5.41) is 4.14. The van der Waals surface area contributed by atoms with Crippen LogP contribution in [0, 0.1) is 5.92 Å². The van der Waals surface area contributed by atoms with E-state index in [0.29, 0.717) is 37.1 Å². The van der Waals surface area contributed by atoms with Gasteiger partial charge >= 0.3 is 0 Å². The Kier molecular flexibility index (Phi) is 3.36. The Bertz CT molecular complexity index is 598. The van der Waals surface area contributed by atoms with Gasteiger partial charge in [0, 0.05) is 19.5 Å². The molecule has 0 aromatic carbocycles. The molecule has 2 aliphatic rings. The predicted molar refractivity (Wildman–Crippen MR) is 73.7 cm³/mol. The molecule has 0 unspecified atom stereocenters. The van der Waals surface area contributed by atoms with Gasteiger partial charge in [0.2, 0.25) is 15.9 Å². The van der Waals surface area contributed by atoms with Crippen molar-refractivity contribution in [2.75, 3.05) is 18.8 Å². The average Bonchev–Trinajstić information content (AvgIpc) is 3.11. The van der Waals surface area contributed by atoms with Gasteiger partial charge in [0.05, 0.1) is 11.2 Å². The highest BCUT2D eigenvalue weighted by atomic mass is 32.2. The zero-order chi connectivity index (χ0) is 14.4. The molecule has 7 heteroatoms. The van der Waals surface area contributed by atoms with Crippen LogP contribution < -0.4 is 0 Å². The number of hydrogen-bond donors (Lipinski definition) is 0. The molecule has 1 aromatic heterocycles. The fourth-order valence-electron chi connectivity index (χ4n) is 3.60. The van der Waals surface area contributed by atoms with Crippen LogP contribution in [-0.4, -0.2) is 41.7 Å². The monoisotopic (exact) mass is 299 g/mol. The standard InChI is InChI=1S/C13H21N3O3S/c1-3-11-14-12(15-19-11)13-7-5-6-10(13)8-16(9-13)20(17,18)4-2/h10H,3-9H2,1-2H3/t10-,13-/m1/s1. The Balaban J connectivity index is 1.94. The molecule has 3 rings (SSSR count). The zero-order valence-corrected chi connectivity index (χ0v) is 12.8. The van der Waals surface area contributed by atoms with Crippen molar-refractivity contribution in [3.8, 4) is 0 Å². The molecule has 0 amide bonds. The van der Waals surface area contributed by atoms with Crippen molar-refractivity contribution in [3.05, 3.63) is 11.7 Å². The van der Waals surface area contributed by atoms with E-state index in [-0.39, 0.29) is 11.2 Å². The van der Waals surface area contributed by atoms with Crippen LogP contribution in [0.3, 0.4) is 0 Å². The van der Waals surface area contributed by atoms with Gasteiger partial charge in [-0.05, 0) is 25.7 Å². The van der Waals surface area contributed by atoms with Crippen LogP contribution in [-0.2, 0) is 21.9 Å². The van der Waals surface area contributed by atoms with E-state index in [2.05, 4.69) is 10.1 Å². The number of aryl methyl sites for hydroxylation is 1. The molecule has 1 aliphatic heterocycles. The van der Waals surface area contributed by atoms with Crippen LogP contribution in [0.4, 0.5) is 0 Å². The van der Waals surface area contributed by atoms with Crippen molar-refractivity contribution in [1.29, 1.82) is 0 Å². The fraction of sp³-hybridized carbons (Fsp3) is 0.846. The normalized spacial score (nSPS) is 30.8. The molecule has 2 heterocycles. The van der Waals surface area contributed by atoms with Crippen LogP contribution in [0.15, 0.2) is 4.52 Å². The third-order valence-corrected chi connectivity index (χ3v) is 6.61. The summed E-state index contributed by atoms with van der Waals surface area (Å²) < 4.78 is 31.1. The summed E-state index contributed by atoms with van der Waals surface area (Å²) in [5.41, 5.74) is -0.223. The van der Waals surface area contributed by atoms with E-state index in [4.69, 9.17) is 4.52 Å². The van der Waals surface area contributed by atoms with Crippen molar-refractivity contribution in [2.24, 2.45) is 5.92 Å². The van der Waals surface area contributed by atoms with Gasteiger partial charge in [-0.3, -0.25) is 0 Å². The molecule has 1 aromatic rings. The second kappa shape index (κ2) is 4.80. The fourth-order valence-corrected chi connectivity index (χ4v) is 4.80. The summed E-state index contributed by atoms with van der Waals surface area (Å²) in [4.78, 5) is 4.49. The molecule has 2 fully saturated rings. The lowest BCUT2D eigenvalue weighted by Crippen LogP contribution is -2.36. The van der Waals surface area contributed by atoms with Crippen molar-refractivity contribution in [2.45, 2.75) is 44.9 Å². The van der Waals surface area contributed by atoms with Gasteiger partial charge in [0.25, 0.3) is 0 Å². The first-order valence-corrected chi connectivity index (χ1v) is 8.93. The maximum absolute atomic E-state index is 12.1. The molecule has 112 valence electrons. The van der Waals surface area contributed by atoms with E-state index in [1.165, 1.54) is 0 Å². The minimum absolute atomic E-state index is 0.155. The molecule has 1 aliphatic carbocycles. The number of sulfonamides is 1. The van der Waals surface area contributed by atoms with Crippen molar-refractivity contribution in [1.82, 2.24) is 14.4 Å². The molecule has 0 bridgehead atoms. The Labute approximate surface area is 119 Å². The lowest BCUT2D eigenvalue weighted by molar-refractivity contribution is 0.329. The molecule has 0 spiro atoms. The van der Waals surface area contributed by atoms with E-state index < -0.39 is 10.0 Å². The van der Waals surface area contributed by atoms with Crippen molar-refractivity contribution >= 4 is 10.0 Å². The SMILES string of the molecule is CCc1nc([C@@]23CCC[C@@H]2CN(S(=O)(=O)CC)C3)no1. The third-order valence-electron chi connectivity index (χ3n) is 4.81. The van der Waals surface area contributed by atoms with Crippen LogP contribution in [0.2, 0.25) is 0 Å². The van der Waals surface area contributed by atoms with Gasteiger partial charge < -0.3 is 4.52 Å². The van der Waals surface area contributed by atoms with Gasteiger partial charge in [-0.15, -0.1) is 0 Å². The first-order chi connectivity index (χ1) is 9.52. The van der Waals surface area contributed by atoms with Crippen LogP contribution in [0.5, 0.6) is 0 Å². The summed E-state index contributed by atoms with van der Waals surface area (Å²) in [6.07, 6.45) is 3.83. The molecular weight excluding hydrogens is 278 g/mol. The Morgan fingerprint density at radius 1 is 1.45 bits per heavy atom. The summed E-state index contributed by atoms with van der Waals surface area (Å²) in [7, 11) is -3.14. The number of hydrogen-bond acceptors (Lipinski definition) is 5. The Hall–Kier alpha value is -0.950. The van der Waals surface area contributed by atoms with E-state index in [0.717, 1.165) is 19.3 Å². The first-order valence-electron chi connectivity index (χ1n) is 7.32. The van der Waals surface area contributed by atoms with E-state index in [1.54, 1.807) is 11.2 Å². The lowest BCUT2D eigenvalue weighted by atomic mass is 9.80. The topological polar surface area (TPSA) is 76.3 Å². The molecule has 6 nitrogen and oxygen atoms in total. The smallest absolute Gasteiger partial charge is 0.226 e. The summed E-state index contributed by atoms with van der Waals surface area (Å²) in [6.45, 7) is 4.78. The summed E-state index contributed by atoms with van der Waals surface area (Å²) >= 11 is 0. The van der Waals surface area contributed by atoms with Crippen molar-refractivity contribution < 1.29 is 12.9 Å². The number of fused-ring (bicyclic) bond motifs is 1. The number of nitrogens with zero attached hydrogens (tertiary/aromatic N) is 3. The Morgan fingerprint density at radius 2 is 2.25 bits per heavy atom. The lowest BCUT2D eigenvalue weighted by Gasteiger charge is -2.24. The van der Waals surface area contributed by atoms with Gasteiger partial charge in [-0.2, -0.15) is 4.98 Å².